The summed E-state index contributed by atoms with van der Waals surface area (Å²) in [5.41, 5.74) is 0. The highest BCUT2D eigenvalue weighted by atomic mass is 32.2. The number of hydrogen-bond acceptors (Lipinski definition) is 4. The van der Waals surface area contributed by atoms with E-state index >= 15 is 0 Å². The van der Waals surface area contributed by atoms with E-state index in [4.69, 9.17) is 19.3 Å². The van der Waals surface area contributed by atoms with Gasteiger partial charge in [0.15, 0.2) is 0 Å². The van der Waals surface area contributed by atoms with Crippen molar-refractivity contribution in [2.75, 3.05) is 44.1 Å². The molecule has 0 aliphatic carbocycles. The van der Waals surface area contributed by atoms with Crippen LogP contribution in [-0.4, -0.2) is 53.9 Å². The summed E-state index contributed by atoms with van der Waals surface area (Å²) in [5.74, 6) is 1.70. The van der Waals surface area contributed by atoms with E-state index in [-0.39, 0.29) is 6.16 Å². The lowest BCUT2D eigenvalue weighted by molar-refractivity contribution is 0.127. The van der Waals surface area contributed by atoms with Gasteiger partial charge in [-0.1, -0.05) is 51.9 Å². The van der Waals surface area contributed by atoms with E-state index in [1.807, 2.05) is 0 Å². The van der Waals surface area contributed by atoms with Crippen LogP contribution in [0.25, 0.3) is 0 Å². The molecule has 0 aromatic heterocycles. The zero-order valence-corrected chi connectivity index (χ0v) is 18.4. The standard InChI is InChI=1S/C19H41O5PS/c1-2-3-13-23-14-10-8-6-4-5-7-9-11-15-24-16-19-26-18-12-17-25(20,21)22/h2-19H2,1H3,(H2,20,21,22). The van der Waals surface area contributed by atoms with Crippen molar-refractivity contribution in [2.45, 2.75) is 77.6 Å². The van der Waals surface area contributed by atoms with Crippen molar-refractivity contribution in [2.24, 2.45) is 0 Å². The molecule has 0 amide bonds. The molecule has 0 heterocycles. The Morgan fingerprint density at radius 1 is 0.692 bits per heavy atom. The minimum Gasteiger partial charge on any atom is -0.381 e. The van der Waals surface area contributed by atoms with Crippen LogP contribution in [0.4, 0.5) is 0 Å². The van der Waals surface area contributed by atoms with Crippen LogP contribution in [0.5, 0.6) is 0 Å². The highest BCUT2D eigenvalue weighted by Gasteiger charge is 2.10. The molecule has 0 atom stereocenters. The Kier molecular flexibility index (Phi) is 20.5. The molecule has 0 radical (unpaired) electrons. The summed E-state index contributed by atoms with van der Waals surface area (Å²) in [5, 5.41) is 0. The predicted octanol–water partition coefficient (Wildman–Crippen LogP) is 5.24. The summed E-state index contributed by atoms with van der Waals surface area (Å²) in [4.78, 5) is 17.5. The van der Waals surface area contributed by atoms with Crippen LogP contribution in [0.15, 0.2) is 0 Å². The Labute approximate surface area is 165 Å². The van der Waals surface area contributed by atoms with Crippen LogP contribution < -0.4 is 0 Å². The van der Waals surface area contributed by atoms with Crippen LogP contribution in [0.1, 0.15) is 77.6 Å². The molecule has 2 N–H and O–H groups in total. The van der Waals surface area contributed by atoms with Gasteiger partial charge in [0.1, 0.15) is 0 Å². The first-order chi connectivity index (χ1) is 12.6. The molecule has 0 aliphatic heterocycles. The molecule has 7 heteroatoms. The smallest absolute Gasteiger partial charge is 0.325 e. The van der Waals surface area contributed by atoms with Gasteiger partial charge in [0, 0.05) is 25.6 Å². The molecule has 158 valence electrons. The average Bonchev–Trinajstić information content (AvgIpc) is 2.59. The number of thioether (sulfide) groups is 1. The zero-order chi connectivity index (χ0) is 19.3. The first-order valence-corrected chi connectivity index (χ1v) is 13.3. The van der Waals surface area contributed by atoms with Crippen molar-refractivity contribution in [1.82, 2.24) is 0 Å². The maximum absolute atomic E-state index is 10.7. The first kappa shape index (κ1) is 26.4. The molecular formula is C19H41O5PS. The van der Waals surface area contributed by atoms with Gasteiger partial charge in [-0.3, -0.25) is 4.57 Å². The van der Waals surface area contributed by atoms with Crippen LogP contribution in [0, 0.1) is 0 Å². The van der Waals surface area contributed by atoms with Crippen molar-refractivity contribution in [3.8, 4) is 0 Å². The predicted molar refractivity (Wildman–Crippen MR) is 112 cm³/mol. The molecule has 0 aromatic rings. The third kappa shape index (κ3) is 24.4. The minimum atomic E-state index is -3.81. The van der Waals surface area contributed by atoms with Crippen molar-refractivity contribution in [3.63, 3.8) is 0 Å². The number of rotatable bonds is 21. The SMILES string of the molecule is CCCCOCCCCCCCCCCOCCSCCCP(=O)(O)O. The fourth-order valence-electron chi connectivity index (χ4n) is 2.51. The zero-order valence-electron chi connectivity index (χ0n) is 16.7. The Bertz CT molecular complexity index is 325. The van der Waals surface area contributed by atoms with E-state index in [0.29, 0.717) is 6.42 Å². The van der Waals surface area contributed by atoms with E-state index < -0.39 is 7.60 Å². The lowest BCUT2D eigenvalue weighted by Gasteiger charge is -2.06. The summed E-state index contributed by atoms with van der Waals surface area (Å²) < 4.78 is 21.8. The maximum Gasteiger partial charge on any atom is 0.325 e. The molecule has 5 nitrogen and oxygen atoms in total. The highest BCUT2D eigenvalue weighted by molar-refractivity contribution is 7.99. The largest absolute Gasteiger partial charge is 0.381 e. The van der Waals surface area contributed by atoms with Crippen molar-refractivity contribution < 1.29 is 23.8 Å². The monoisotopic (exact) mass is 412 g/mol. The molecule has 0 rings (SSSR count). The number of unbranched alkanes of at least 4 members (excludes halogenated alkanes) is 8. The Morgan fingerprint density at radius 2 is 1.19 bits per heavy atom. The highest BCUT2D eigenvalue weighted by Crippen LogP contribution is 2.35. The number of hydrogen-bond donors (Lipinski definition) is 2. The molecular weight excluding hydrogens is 371 g/mol. The quantitative estimate of drug-likeness (QED) is 0.198. The van der Waals surface area contributed by atoms with Crippen molar-refractivity contribution in [3.05, 3.63) is 0 Å². The van der Waals surface area contributed by atoms with Gasteiger partial charge < -0.3 is 19.3 Å². The Balaban J connectivity index is 3.02. The van der Waals surface area contributed by atoms with Crippen LogP contribution in [-0.2, 0) is 14.0 Å². The van der Waals surface area contributed by atoms with Crippen LogP contribution >= 0.6 is 19.4 Å². The third-order valence-electron chi connectivity index (χ3n) is 4.08. The van der Waals surface area contributed by atoms with Crippen molar-refractivity contribution in [1.29, 1.82) is 0 Å². The normalized spacial score (nSPS) is 12.0. The maximum atomic E-state index is 10.7. The topological polar surface area (TPSA) is 76.0 Å². The Hall–Kier alpha value is 0.420. The second-order valence-electron chi connectivity index (χ2n) is 6.76. The second kappa shape index (κ2) is 20.2. The molecule has 0 saturated heterocycles. The average molecular weight is 413 g/mol. The molecule has 26 heavy (non-hydrogen) atoms. The molecule has 0 spiro atoms. The summed E-state index contributed by atoms with van der Waals surface area (Å²) >= 11 is 1.70. The van der Waals surface area contributed by atoms with Gasteiger partial charge in [-0.15, -0.1) is 0 Å². The fourth-order valence-corrected chi connectivity index (χ4v) is 4.08. The molecule has 0 aromatic carbocycles. The summed E-state index contributed by atoms with van der Waals surface area (Å²) in [7, 11) is -3.81. The summed E-state index contributed by atoms with van der Waals surface area (Å²) in [6.07, 6.45) is 13.1. The lowest BCUT2D eigenvalue weighted by Crippen LogP contribution is -2.00. The van der Waals surface area contributed by atoms with E-state index in [1.165, 1.54) is 57.8 Å². The van der Waals surface area contributed by atoms with E-state index in [1.54, 1.807) is 11.8 Å². The summed E-state index contributed by atoms with van der Waals surface area (Å²) in [6, 6.07) is 0. The number of ether oxygens (including phenoxy) is 2. The fraction of sp³-hybridized carbons (Fsp3) is 1.00. The van der Waals surface area contributed by atoms with E-state index in [0.717, 1.165) is 44.4 Å². The lowest BCUT2D eigenvalue weighted by atomic mass is 10.1. The van der Waals surface area contributed by atoms with Gasteiger partial charge >= 0.3 is 7.60 Å². The molecule has 0 saturated carbocycles. The van der Waals surface area contributed by atoms with Gasteiger partial charge in [-0.25, -0.2) is 0 Å². The van der Waals surface area contributed by atoms with Gasteiger partial charge in [0.25, 0.3) is 0 Å². The Morgan fingerprint density at radius 3 is 1.73 bits per heavy atom. The van der Waals surface area contributed by atoms with Gasteiger partial charge in [-0.2, -0.15) is 11.8 Å². The minimum absolute atomic E-state index is 0.00636. The van der Waals surface area contributed by atoms with Gasteiger partial charge in [0.2, 0.25) is 0 Å². The van der Waals surface area contributed by atoms with E-state index in [9.17, 15) is 4.57 Å². The van der Waals surface area contributed by atoms with Crippen LogP contribution in [0.3, 0.4) is 0 Å². The van der Waals surface area contributed by atoms with Gasteiger partial charge in [-0.05, 0) is 31.4 Å². The van der Waals surface area contributed by atoms with Crippen molar-refractivity contribution >= 4 is 19.4 Å². The second-order valence-corrected chi connectivity index (χ2v) is 9.76. The summed E-state index contributed by atoms with van der Waals surface area (Å²) in [6.45, 7) is 5.61. The van der Waals surface area contributed by atoms with E-state index in [2.05, 4.69) is 6.92 Å². The van der Waals surface area contributed by atoms with Gasteiger partial charge in [0.05, 0.1) is 12.8 Å². The molecule has 0 aliphatic rings. The molecule has 0 fully saturated rings. The first-order valence-electron chi connectivity index (χ1n) is 10.3. The molecule has 0 bridgehead atoms. The molecule has 0 unspecified atom stereocenters. The van der Waals surface area contributed by atoms with Crippen LogP contribution in [0.2, 0.25) is 0 Å². The third-order valence-corrected chi connectivity index (χ3v) is 6.01.